The number of benzene rings is 2. The molecule has 0 saturated carbocycles. The van der Waals surface area contributed by atoms with Crippen molar-refractivity contribution in [3.05, 3.63) is 44.2 Å². The summed E-state index contributed by atoms with van der Waals surface area (Å²) in [7, 11) is 0. The van der Waals surface area contributed by atoms with Crippen molar-refractivity contribution in [3.63, 3.8) is 0 Å². The molecular weight excluding hydrogens is 1260 g/mol. The van der Waals surface area contributed by atoms with Crippen molar-refractivity contribution in [2.75, 3.05) is 23.8 Å². The molecule has 0 aliphatic carbocycles. The molecule has 2 aromatic rings. The molecule has 0 fully saturated rings. The Hall–Kier alpha value is 0.130. The molecule has 0 spiro atoms. The Bertz CT molecular complexity index is 1440. The van der Waals surface area contributed by atoms with Gasteiger partial charge < -0.3 is 31.3 Å². The molecular formula is C27H29I6N3O8. The van der Waals surface area contributed by atoms with Crippen LogP contribution in [0.15, 0.2) is 6.07 Å². The number of carboxylic acids is 2. The number of carbonyl (C=O) groups excluding carboxylic acids is 3. The van der Waals surface area contributed by atoms with Gasteiger partial charge in [0, 0.05) is 34.2 Å². The van der Waals surface area contributed by atoms with Crippen LogP contribution in [0.4, 0.5) is 11.4 Å². The molecule has 1 atom stereocenters. The van der Waals surface area contributed by atoms with Crippen molar-refractivity contribution < 1.29 is 39.3 Å². The fourth-order valence-corrected chi connectivity index (χ4v) is 12.1. The molecule has 44 heavy (non-hydrogen) atoms. The standard InChI is InChI=1S/C15H18I3NO3.C12H11I3N2O5/c1-3-5-12(20)19-14-11(17)7-10(16)9(13(14)18)6-8(4-2)15(21)22;1-4(19)17-10-8(14)5(11(20)16-2-3-18)7(13)6(9(10)15)12(21)22/h7-8H,3-6H2,1-2H3,(H,19,20)(H,21,22);18H,2-3H2,1H3,(H,16,20)(H,17,19)(H,21,22). The van der Waals surface area contributed by atoms with Gasteiger partial charge in [-0.25, -0.2) is 4.79 Å². The van der Waals surface area contributed by atoms with Gasteiger partial charge in [-0.05, 0) is 166 Å². The Balaban J connectivity index is 0.000000440. The lowest BCUT2D eigenvalue weighted by Crippen LogP contribution is -2.29. The van der Waals surface area contributed by atoms with Gasteiger partial charge in [0.05, 0.1) is 42.2 Å². The van der Waals surface area contributed by atoms with Gasteiger partial charge in [0.2, 0.25) is 11.8 Å². The molecule has 17 heteroatoms. The zero-order valence-electron chi connectivity index (χ0n) is 23.5. The first-order valence-electron chi connectivity index (χ1n) is 12.8. The summed E-state index contributed by atoms with van der Waals surface area (Å²) in [5.41, 5.74) is 2.22. The van der Waals surface area contributed by atoms with Crippen LogP contribution in [0.5, 0.6) is 0 Å². The van der Waals surface area contributed by atoms with E-state index in [1.165, 1.54) is 6.92 Å². The van der Waals surface area contributed by atoms with Crippen molar-refractivity contribution in [3.8, 4) is 0 Å². The number of aliphatic hydroxyl groups is 1. The maximum atomic E-state index is 12.2. The van der Waals surface area contributed by atoms with Crippen LogP contribution in [-0.2, 0) is 20.8 Å². The Morgan fingerprint density at radius 1 is 0.818 bits per heavy atom. The minimum absolute atomic E-state index is 0.00392. The number of rotatable bonds is 12. The zero-order chi connectivity index (χ0) is 33.9. The van der Waals surface area contributed by atoms with E-state index in [1.807, 2.05) is 65.1 Å². The molecule has 6 N–H and O–H groups in total. The summed E-state index contributed by atoms with van der Waals surface area (Å²) in [6.45, 7) is 4.97. The number of aromatic carboxylic acids is 1. The van der Waals surface area contributed by atoms with E-state index in [0.717, 1.165) is 28.4 Å². The summed E-state index contributed by atoms with van der Waals surface area (Å²) in [6.07, 6.45) is 2.36. The molecule has 3 amide bonds. The van der Waals surface area contributed by atoms with Crippen LogP contribution in [-0.4, -0.2) is 58.1 Å². The Morgan fingerprint density at radius 3 is 1.89 bits per heavy atom. The summed E-state index contributed by atoms with van der Waals surface area (Å²) in [5.74, 6) is -3.24. The summed E-state index contributed by atoms with van der Waals surface area (Å²) in [6, 6.07) is 1.99. The number of amides is 3. The summed E-state index contributed by atoms with van der Waals surface area (Å²) in [5, 5.41) is 35.5. The number of nitrogens with one attached hydrogen (secondary N) is 3. The second-order valence-electron chi connectivity index (χ2n) is 8.99. The van der Waals surface area contributed by atoms with Crippen LogP contribution < -0.4 is 16.0 Å². The smallest absolute Gasteiger partial charge is 0.337 e. The first-order valence-corrected chi connectivity index (χ1v) is 19.3. The number of carbonyl (C=O) groups is 5. The predicted octanol–water partition coefficient (Wildman–Crippen LogP) is 6.77. The predicted molar refractivity (Wildman–Crippen MR) is 219 cm³/mol. The minimum atomic E-state index is -1.19. The van der Waals surface area contributed by atoms with Crippen LogP contribution in [0.3, 0.4) is 0 Å². The number of carboxylic acid groups (broad SMARTS) is 2. The third kappa shape index (κ3) is 12.0. The number of anilines is 2. The Morgan fingerprint density at radius 2 is 1.41 bits per heavy atom. The van der Waals surface area contributed by atoms with Crippen molar-refractivity contribution in [1.29, 1.82) is 0 Å². The minimum Gasteiger partial charge on any atom is -0.481 e. The Labute approximate surface area is 336 Å². The SMILES string of the molecule is CC(=O)Nc1c(I)c(C(=O)O)c(I)c(C(=O)NCCO)c1I.CCCC(=O)Nc1c(I)cc(I)c(CC(CC)C(=O)O)c1I. The van der Waals surface area contributed by atoms with Gasteiger partial charge in [-0.2, -0.15) is 0 Å². The number of hydrogen-bond acceptors (Lipinski definition) is 6. The highest BCUT2D eigenvalue weighted by Crippen LogP contribution is 2.36. The summed E-state index contributed by atoms with van der Waals surface area (Å²) < 4.78 is 4.04. The fourth-order valence-electron chi connectivity index (χ4n) is 3.61. The number of hydrogen-bond donors (Lipinski definition) is 6. The van der Waals surface area contributed by atoms with Crippen molar-refractivity contribution in [2.24, 2.45) is 5.92 Å². The average molecular weight is 1280 g/mol. The fraction of sp³-hybridized carbons (Fsp3) is 0.370. The number of aliphatic carboxylic acids is 1. The molecule has 0 saturated heterocycles. The maximum Gasteiger partial charge on any atom is 0.337 e. The van der Waals surface area contributed by atoms with Crippen LogP contribution in [0.1, 0.15) is 66.3 Å². The first-order chi connectivity index (χ1) is 20.5. The van der Waals surface area contributed by atoms with E-state index in [2.05, 4.69) is 83.7 Å². The molecule has 0 radical (unpaired) electrons. The van der Waals surface area contributed by atoms with E-state index < -0.39 is 23.8 Å². The van der Waals surface area contributed by atoms with E-state index in [0.29, 0.717) is 32.1 Å². The zero-order valence-corrected chi connectivity index (χ0v) is 36.5. The van der Waals surface area contributed by atoms with Crippen LogP contribution in [0.2, 0.25) is 0 Å². The third-order valence-electron chi connectivity index (χ3n) is 5.76. The Kier molecular flexibility index (Phi) is 19.6. The van der Waals surface area contributed by atoms with E-state index >= 15 is 0 Å². The number of halogens is 6. The lowest BCUT2D eigenvalue weighted by Gasteiger charge is -2.18. The maximum absolute atomic E-state index is 12.2. The third-order valence-corrected chi connectivity index (χ3v) is 12.0. The van der Waals surface area contributed by atoms with Gasteiger partial charge in [0.1, 0.15) is 0 Å². The van der Waals surface area contributed by atoms with Gasteiger partial charge in [0.15, 0.2) is 0 Å². The highest BCUT2D eigenvalue weighted by molar-refractivity contribution is 14.1. The van der Waals surface area contributed by atoms with Crippen LogP contribution >= 0.6 is 136 Å². The largest absolute Gasteiger partial charge is 0.481 e. The molecule has 2 rings (SSSR count). The number of aliphatic hydroxyl groups excluding tert-OH is 1. The van der Waals surface area contributed by atoms with Gasteiger partial charge in [-0.1, -0.05) is 13.8 Å². The second kappa shape index (κ2) is 20.5. The topological polar surface area (TPSA) is 182 Å². The van der Waals surface area contributed by atoms with E-state index in [9.17, 15) is 34.2 Å². The van der Waals surface area contributed by atoms with Crippen molar-refractivity contribution >= 4 is 177 Å². The molecule has 0 aromatic heterocycles. The lowest BCUT2D eigenvalue weighted by molar-refractivity contribution is -0.141. The van der Waals surface area contributed by atoms with E-state index in [-0.39, 0.29) is 39.7 Å². The molecule has 2 aromatic carbocycles. The van der Waals surface area contributed by atoms with Gasteiger partial charge in [0.25, 0.3) is 5.91 Å². The molecule has 0 bridgehead atoms. The van der Waals surface area contributed by atoms with Gasteiger partial charge >= 0.3 is 11.9 Å². The molecule has 0 aliphatic rings. The monoisotopic (exact) mass is 1280 g/mol. The van der Waals surface area contributed by atoms with Crippen LogP contribution in [0, 0.1) is 27.3 Å². The molecule has 242 valence electrons. The van der Waals surface area contributed by atoms with Crippen molar-refractivity contribution in [1.82, 2.24) is 5.32 Å². The second-order valence-corrected chi connectivity index (χ2v) is 15.6. The lowest BCUT2D eigenvalue weighted by atomic mass is 9.97. The molecule has 0 aliphatic heterocycles. The van der Waals surface area contributed by atoms with Gasteiger partial charge in [-0.15, -0.1) is 0 Å². The highest BCUT2D eigenvalue weighted by atomic mass is 127. The molecule has 0 heterocycles. The first kappa shape index (κ1) is 42.2. The van der Waals surface area contributed by atoms with E-state index in [4.69, 9.17) is 5.11 Å². The van der Waals surface area contributed by atoms with E-state index in [1.54, 1.807) is 22.6 Å². The summed E-state index contributed by atoms with van der Waals surface area (Å²) in [4.78, 5) is 58.2. The van der Waals surface area contributed by atoms with Crippen molar-refractivity contribution in [2.45, 2.75) is 46.5 Å². The van der Waals surface area contributed by atoms with Gasteiger partial charge in [-0.3, -0.25) is 19.2 Å². The summed E-state index contributed by atoms with van der Waals surface area (Å²) >= 11 is 12.2. The normalized spacial score (nSPS) is 11.1. The molecule has 11 nitrogen and oxygen atoms in total. The average Bonchev–Trinajstić information content (AvgIpc) is 2.92. The highest BCUT2D eigenvalue weighted by Gasteiger charge is 2.28. The molecule has 1 unspecified atom stereocenters. The van der Waals surface area contributed by atoms with Crippen LogP contribution in [0.25, 0.3) is 0 Å². The quantitative estimate of drug-likeness (QED) is 0.126.